The van der Waals surface area contributed by atoms with Crippen LogP contribution < -0.4 is 4.90 Å². The second-order valence-corrected chi connectivity index (χ2v) is 11.5. The van der Waals surface area contributed by atoms with Crippen LogP contribution in [0.4, 0.5) is 10.1 Å². The summed E-state index contributed by atoms with van der Waals surface area (Å²) in [6.07, 6.45) is 0.202. The normalized spacial score (nSPS) is 17.2. The standard InChI is InChI=1S/C37H33FN2O3S/c1-39-33(20-21-34(42)26-10-15-29(38)16-11-26)36(32-19-14-28(23-35(32)43)27-8-5-9-31(41)22-27)40(37(39)44)30-17-12-25(13-18-30)24-6-3-2-4-7-24/h2-19,22-23,33-34,36,41-43H,20-21H2,1H3/t33-,34-,36+/m0/s1. The molecule has 3 N–H and O–H groups in total. The van der Waals surface area contributed by atoms with E-state index in [-0.39, 0.29) is 29.4 Å². The number of rotatable bonds is 8. The third kappa shape index (κ3) is 5.89. The van der Waals surface area contributed by atoms with Gasteiger partial charge in [0.2, 0.25) is 0 Å². The third-order valence-corrected chi connectivity index (χ3v) is 8.90. The first-order chi connectivity index (χ1) is 21.3. The smallest absolute Gasteiger partial charge is 0.176 e. The van der Waals surface area contributed by atoms with E-state index in [1.807, 2.05) is 60.5 Å². The van der Waals surface area contributed by atoms with Crippen LogP contribution >= 0.6 is 12.2 Å². The van der Waals surface area contributed by atoms with Crippen molar-refractivity contribution in [3.63, 3.8) is 0 Å². The van der Waals surface area contributed by atoms with E-state index >= 15 is 0 Å². The van der Waals surface area contributed by atoms with Crippen LogP contribution in [0.15, 0.2) is 121 Å². The molecule has 0 aliphatic carbocycles. The van der Waals surface area contributed by atoms with Gasteiger partial charge in [-0.3, -0.25) is 0 Å². The highest BCUT2D eigenvalue weighted by molar-refractivity contribution is 7.80. The summed E-state index contributed by atoms with van der Waals surface area (Å²) in [7, 11) is 1.95. The summed E-state index contributed by atoms with van der Waals surface area (Å²) in [5.41, 5.74) is 6.01. The van der Waals surface area contributed by atoms with Crippen molar-refractivity contribution in [2.75, 3.05) is 11.9 Å². The molecular formula is C37H33FN2O3S. The van der Waals surface area contributed by atoms with E-state index < -0.39 is 6.10 Å². The van der Waals surface area contributed by atoms with Crippen LogP contribution in [0.1, 0.15) is 36.1 Å². The Morgan fingerprint density at radius 1 is 0.750 bits per heavy atom. The summed E-state index contributed by atoms with van der Waals surface area (Å²) in [6, 6.07) is 36.3. The van der Waals surface area contributed by atoms with Crippen LogP contribution in [0, 0.1) is 5.82 Å². The van der Waals surface area contributed by atoms with Crippen molar-refractivity contribution in [1.82, 2.24) is 4.90 Å². The molecule has 5 aromatic carbocycles. The molecule has 6 rings (SSSR count). The lowest BCUT2D eigenvalue weighted by molar-refractivity contribution is 0.152. The highest BCUT2D eigenvalue weighted by Gasteiger charge is 2.44. The van der Waals surface area contributed by atoms with E-state index in [4.69, 9.17) is 12.2 Å². The number of aliphatic hydroxyl groups is 1. The zero-order valence-electron chi connectivity index (χ0n) is 24.2. The summed E-state index contributed by atoms with van der Waals surface area (Å²) < 4.78 is 13.5. The number of benzene rings is 5. The van der Waals surface area contributed by atoms with Crippen molar-refractivity contribution >= 4 is 23.0 Å². The van der Waals surface area contributed by atoms with Gasteiger partial charge < -0.3 is 25.1 Å². The highest BCUT2D eigenvalue weighted by Crippen LogP contribution is 2.45. The molecule has 0 bridgehead atoms. The lowest BCUT2D eigenvalue weighted by atomic mass is 9.91. The average molecular weight is 605 g/mol. The van der Waals surface area contributed by atoms with Crippen molar-refractivity contribution < 1.29 is 19.7 Å². The number of likely N-dealkylation sites (N-methyl/N-ethyl adjacent to an activating group) is 1. The molecule has 1 saturated heterocycles. The number of hydrogen-bond donors (Lipinski definition) is 3. The minimum Gasteiger partial charge on any atom is -0.508 e. The lowest BCUT2D eigenvalue weighted by Gasteiger charge is -2.30. The van der Waals surface area contributed by atoms with Crippen LogP contribution in [0.2, 0.25) is 0 Å². The molecular weight excluding hydrogens is 571 g/mol. The molecule has 0 saturated carbocycles. The molecule has 5 nitrogen and oxygen atoms in total. The largest absolute Gasteiger partial charge is 0.508 e. The number of aliphatic hydroxyl groups excluding tert-OH is 1. The number of halogens is 1. The Hall–Kier alpha value is -4.72. The van der Waals surface area contributed by atoms with E-state index in [0.717, 1.165) is 27.9 Å². The highest BCUT2D eigenvalue weighted by atomic mass is 32.1. The van der Waals surface area contributed by atoms with Crippen molar-refractivity contribution in [3.8, 4) is 33.8 Å². The predicted octanol–water partition coefficient (Wildman–Crippen LogP) is 8.23. The van der Waals surface area contributed by atoms with Crippen LogP contribution in [0.5, 0.6) is 11.5 Å². The van der Waals surface area contributed by atoms with Crippen molar-refractivity contribution in [2.24, 2.45) is 0 Å². The number of anilines is 1. The van der Waals surface area contributed by atoms with Crippen LogP contribution in [-0.4, -0.2) is 38.4 Å². The molecule has 222 valence electrons. The predicted molar refractivity (Wildman–Crippen MR) is 177 cm³/mol. The summed E-state index contributed by atoms with van der Waals surface area (Å²) in [5.74, 6) is -0.0804. The van der Waals surface area contributed by atoms with Crippen LogP contribution in [0.3, 0.4) is 0 Å². The zero-order valence-corrected chi connectivity index (χ0v) is 25.0. The van der Waals surface area contributed by atoms with E-state index in [2.05, 4.69) is 29.2 Å². The summed E-state index contributed by atoms with van der Waals surface area (Å²) in [6.45, 7) is 0. The fraction of sp³-hybridized carbons (Fsp3) is 0.162. The van der Waals surface area contributed by atoms with Crippen LogP contribution in [-0.2, 0) is 0 Å². The van der Waals surface area contributed by atoms with Gasteiger partial charge in [0.25, 0.3) is 0 Å². The fourth-order valence-electron chi connectivity index (χ4n) is 6.07. The molecule has 0 aromatic heterocycles. The molecule has 1 aliphatic rings. The van der Waals surface area contributed by atoms with Crippen LogP contribution in [0.25, 0.3) is 22.3 Å². The molecule has 0 unspecified atom stereocenters. The van der Waals surface area contributed by atoms with Crippen molar-refractivity contribution in [3.05, 3.63) is 138 Å². The van der Waals surface area contributed by atoms with Gasteiger partial charge >= 0.3 is 0 Å². The Kier molecular flexibility index (Phi) is 8.33. The summed E-state index contributed by atoms with van der Waals surface area (Å²) in [4.78, 5) is 4.10. The van der Waals surface area contributed by atoms with Gasteiger partial charge in [0.15, 0.2) is 5.11 Å². The van der Waals surface area contributed by atoms with Gasteiger partial charge in [-0.15, -0.1) is 0 Å². The van der Waals surface area contributed by atoms with Crippen molar-refractivity contribution in [1.29, 1.82) is 0 Å². The first-order valence-electron chi connectivity index (χ1n) is 14.6. The van der Waals surface area contributed by atoms with Gasteiger partial charge in [-0.05, 0) is 95.3 Å². The first-order valence-corrected chi connectivity index (χ1v) is 15.0. The molecule has 44 heavy (non-hydrogen) atoms. The second kappa shape index (κ2) is 12.5. The van der Waals surface area contributed by atoms with E-state index in [9.17, 15) is 19.7 Å². The molecule has 1 fully saturated rings. The topological polar surface area (TPSA) is 67.2 Å². The lowest BCUT2D eigenvalue weighted by Crippen LogP contribution is -2.31. The molecule has 0 radical (unpaired) electrons. The van der Waals surface area contributed by atoms with Gasteiger partial charge in [0, 0.05) is 18.3 Å². The summed E-state index contributed by atoms with van der Waals surface area (Å²) in [5, 5.41) is 33.1. The number of thiocarbonyl (C=S) groups is 1. The Bertz CT molecular complexity index is 1760. The minimum atomic E-state index is -0.779. The number of phenols is 2. The average Bonchev–Trinajstić information content (AvgIpc) is 3.29. The molecule has 1 heterocycles. The molecule has 3 atom stereocenters. The summed E-state index contributed by atoms with van der Waals surface area (Å²) >= 11 is 6.01. The second-order valence-electron chi connectivity index (χ2n) is 11.2. The quantitative estimate of drug-likeness (QED) is 0.155. The Morgan fingerprint density at radius 2 is 1.39 bits per heavy atom. The Morgan fingerprint density at radius 3 is 2.07 bits per heavy atom. The number of nitrogens with zero attached hydrogens (tertiary/aromatic N) is 2. The minimum absolute atomic E-state index is 0.115. The maximum absolute atomic E-state index is 13.5. The SMILES string of the molecule is CN1C(=S)N(c2ccc(-c3ccccc3)cc2)[C@H](c2ccc(-c3cccc(O)c3)cc2O)[C@@H]1CC[C@H](O)c1ccc(F)cc1. The molecule has 0 amide bonds. The first kappa shape index (κ1) is 29.4. The van der Waals surface area contributed by atoms with E-state index in [1.54, 1.807) is 36.4 Å². The zero-order chi connectivity index (χ0) is 30.8. The number of hydrogen-bond acceptors (Lipinski definition) is 4. The third-order valence-electron chi connectivity index (χ3n) is 8.42. The van der Waals surface area contributed by atoms with E-state index in [0.29, 0.717) is 29.1 Å². The monoisotopic (exact) mass is 604 g/mol. The molecule has 1 aliphatic heterocycles. The van der Waals surface area contributed by atoms with Gasteiger partial charge in [-0.2, -0.15) is 0 Å². The van der Waals surface area contributed by atoms with Gasteiger partial charge in [-0.1, -0.05) is 78.9 Å². The maximum Gasteiger partial charge on any atom is 0.176 e. The number of phenolic OH excluding ortho intramolecular Hbond substituents is 2. The fourth-order valence-corrected chi connectivity index (χ4v) is 6.42. The Labute approximate surface area is 262 Å². The van der Waals surface area contributed by atoms with Gasteiger partial charge in [-0.25, -0.2) is 4.39 Å². The maximum atomic E-state index is 13.5. The molecule has 5 aromatic rings. The Balaban J connectivity index is 1.36. The number of aromatic hydroxyl groups is 2. The molecule has 0 spiro atoms. The van der Waals surface area contributed by atoms with Crippen molar-refractivity contribution in [2.45, 2.75) is 31.0 Å². The van der Waals surface area contributed by atoms with Gasteiger partial charge in [0.1, 0.15) is 17.3 Å². The van der Waals surface area contributed by atoms with Gasteiger partial charge in [0.05, 0.1) is 18.2 Å². The van der Waals surface area contributed by atoms with E-state index in [1.165, 1.54) is 12.1 Å². The molecule has 7 heteroatoms.